The molecule has 3 nitrogen and oxygen atoms in total. The Hall–Kier alpha value is -0.710. The van der Waals surface area contributed by atoms with Crippen molar-refractivity contribution in [2.75, 3.05) is 13.1 Å². The van der Waals surface area contributed by atoms with E-state index in [0.29, 0.717) is 19.0 Å². The summed E-state index contributed by atoms with van der Waals surface area (Å²) in [4.78, 5) is 13.7. The zero-order valence-electron chi connectivity index (χ0n) is 9.67. The second-order valence-corrected chi connectivity index (χ2v) is 5.03. The van der Waals surface area contributed by atoms with Gasteiger partial charge in [0.25, 0.3) is 5.92 Å². The van der Waals surface area contributed by atoms with Crippen LogP contribution in [0.1, 0.15) is 26.7 Å². The van der Waals surface area contributed by atoms with E-state index in [1.54, 1.807) is 0 Å². The number of nitrogens with one attached hydrogen (secondary N) is 1. The minimum Gasteiger partial charge on any atom is -0.354 e. The number of rotatable bonds is 0. The van der Waals surface area contributed by atoms with Crippen molar-refractivity contribution in [2.24, 2.45) is 5.92 Å². The van der Waals surface area contributed by atoms with E-state index in [0.717, 1.165) is 0 Å². The van der Waals surface area contributed by atoms with Crippen LogP contribution >= 0.6 is 0 Å². The monoisotopic (exact) mass is 232 g/mol. The van der Waals surface area contributed by atoms with Crippen LogP contribution < -0.4 is 5.32 Å². The molecular formula is C11H18F2N2O. The molecule has 2 heterocycles. The van der Waals surface area contributed by atoms with E-state index in [1.165, 1.54) is 0 Å². The van der Waals surface area contributed by atoms with Crippen molar-refractivity contribution in [2.45, 2.75) is 44.7 Å². The van der Waals surface area contributed by atoms with Gasteiger partial charge in [-0.1, -0.05) is 6.92 Å². The number of nitrogens with zero attached hydrogens (tertiary/aromatic N) is 1. The Morgan fingerprint density at radius 2 is 2.12 bits per heavy atom. The minimum atomic E-state index is -2.69. The SMILES string of the molecule is C[C@@H]1CNC(=O)C2CC(F)(F)CCN2[C@@H]1C. The third-order valence-electron chi connectivity index (χ3n) is 3.88. The summed E-state index contributed by atoms with van der Waals surface area (Å²) in [6.45, 7) is 4.96. The highest BCUT2D eigenvalue weighted by Gasteiger charge is 2.46. The molecule has 0 radical (unpaired) electrons. The lowest BCUT2D eigenvalue weighted by Crippen LogP contribution is -2.55. The Balaban J connectivity index is 2.21. The third kappa shape index (κ3) is 2.05. The Bertz CT molecular complexity index is 296. The first-order valence-electron chi connectivity index (χ1n) is 5.82. The molecule has 0 aromatic carbocycles. The van der Waals surface area contributed by atoms with Gasteiger partial charge in [-0.05, 0) is 12.8 Å². The van der Waals surface area contributed by atoms with Crippen molar-refractivity contribution in [3.05, 3.63) is 0 Å². The Morgan fingerprint density at radius 3 is 2.81 bits per heavy atom. The molecule has 5 heteroatoms. The van der Waals surface area contributed by atoms with E-state index < -0.39 is 12.0 Å². The minimum absolute atomic E-state index is 0.131. The first-order chi connectivity index (χ1) is 7.41. The summed E-state index contributed by atoms with van der Waals surface area (Å²) in [7, 11) is 0. The predicted octanol–water partition coefficient (Wildman–Crippen LogP) is 1.24. The summed E-state index contributed by atoms with van der Waals surface area (Å²) in [5, 5.41) is 2.75. The summed E-state index contributed by atoms with van der Waals surface area (Å²) >= 11 is 0. The Morgan fingerprint density at radius 1 is 1.44 bits per heavy atom. The summed E-state index contributed by atoms with van der Waals surface area (Å²) < 4.78 is 26.6. The highest BCUT2D eigenvalue weighted by atomic mass is 19.3. The fraction of sp³-hybridized carbons (Fsp3) is 0.909. The average molecular weight is 232 g/mol. The van der Waals surface area contributed by atoms with Gasteiger partial charge in [0.15, 0.2) is 0 Å². The second-order valence-electron chi connectivity index (χ2n) is 5.03. The molecule has 0 bridgehead atoms. The van der Waals surface area contributed by atoms with Crippen LogP contribution in [0.25, 0.3) is 0 Å². The molecule has 0 aliphatic carbocycles. The molecule has 2 saturated heterocycles. The van der Waals surface area contributed by atoms with Crippen LogP contribution in [-0.4, -0.2) is 41.9 Å². The van der Waals surface area contributed by atoms with Gasteiger partial charge in [-0.3, -0.25) is 9.69 Å². The van der Waals surface area contributed by atoms with Gasteiger partial charge in [0, 0.05) is 32.0 Å². The fourth-order valence-electron chi connectivity index (χ4n) is 2.56. The van der Waals surface area contributed by atoms with E-state index in [4.69, 9.17) is 0 Å². The smallest absolute Gasteiger partial charge is 0.251 e. The third-order valence-corrected chi connectivity index (χ3v) is 3.88. The number of alkyl halides is 2. The van der Waals surface area contributed by atoms with E-state index in [2.05, 4.69) is 5.32 Å². The number of fused-ring (bicyclic) bond motifs is 1. The van der Waals surface area contributed by atoms with Gasteiger partial charge in [-0.2, -0.15) is 0 Å². The quantitative estimate of drug-likeness (QED) is 0.681. The van der Waals surface area contributed by atoms with E-state index in [1.807, 2.05) is 18.7 Å². The number of hydrogen-bond acceptors (Lipinski definition) is 2. The van der Waals surface area contributed by atoms with Gasteiger partial charge >= 0.3 is 0 Å². The molecule has 2 aliphatic rings. The number of hydrogen-bond donors (Lipinski definition) is 1. The summed E-state index contributed by atoms with van der Waals surface area (Å²) in [5.41, 5.74) is 0. The van der Waals surface area contributed by atoms with Gasteiger partial charge in [0.05, 0.1) is 6.04 Å². The van der Waals surface area contributed by atoms with Gasteiger partial charge in [0.1, 0.15) is 0 Å². The van der Waals surface area contributed by atoms with E-state index in [9.17, 15) is 13.6 Å². The summed E-state index contributed by atoms with van der Waals surface area (Å²) in [5.74, 6) is -2.62. The van der Waals surface area contributed by atoms with Crippen molar-refractivity contribution >= 4 is 5.91 Å². The van der Waals surface area contributed by atoms with Crippen molar-refractivity contribution in [1.82, 2.24) is 10.2 Å². The summed E-state index contributed by atoms with van der Waals surface area (Å²) in [6.07, 6.45) is -0.469. The van der Waals surface area contributed by atoms with Crippen molar-refractivity contribution in [3.8, 4) is 0 Å². The zero-order valence-corrected chi connectivity index (χ0v) is 9.67. The lowest BCUT2D eigenvalue weighted by Gasteiger charge is -2.41. The van der Waals surface area contributed by atoms with Crippen molar-refractivity contribution in [1.29, 1.82) is 0 Å². The molecule has 0 spiro atoms. The second kappa shape index (κ2) is 3.95. The molecule has 16 heavy (non-hydrogen) atoms. The molecule has 0 aromatic rings. The molecule has 1 N–H and O–H groups in total. The molecule has 92 valence electrons. The zero-order chi connectivity index (χ0) is 11.9. The number of amides is 1. The highest BCUT2D eigenvalue weighted by molar-refractivity contribution is 5.82. The van der Waals surface area contributed by atoms with Crippen LogP contribution in [0, 0.1) is 5.92 Å². The lowest BCUT2D eigenvalue weighted by molar-refractivity contribution is -0.137. The van der Waals surface area contributed by atoms with Gasteiger partial charge in [-0.25, -0.2) is 8.78 Å². The normalized spacial score (nSPS) is 39.8. The molecule has 3 atom stereocenters. The number of halogens is 2. The molecule has 0 aromatic heterocycles. The maximum absolute atomic E-state index is 13.3. The topological polar surface area (TPSA) is 32.3 Å². The largest absolute Gasteiger partial charge is 0.354 e. The number of carbonyl (C=O) groups is 1. The highest BCUT2D eigenvalue weighted by Crippen LogP contribution is 2.34. The van der Waals surface area contributed by atoms with Crippen molar-refractivity contribution in [3.63, 3.8) is 0 Å². The molecule has 2 rings (SSSR count). The van der Waals surface area contributed by atoms with E-state index >= 15 is 0 Å². The van der Waals surface area contributed by atoms with Crippen molar-refractivity contribution < 1.29 is 13.6 Å². The van der Waals surface area contributed by atoms with E-state index in [-0.39, 0.29) is 24.8 Å². The van der Waals surface area contributed by atoms with Crippen LogP contribution in [0.3, 0.4) is 0 Å². The Labute approximate surface area is 94.2 Å². The molecule has 0 saturated carbocycles. The fourth-order valence-corrected chi connectivity index (χ4v) is 2.56. The average Bonchev–Trinajstić information content (AvgIpc) is 2.31. The van der Waals surface area contributed by atoms with Crippen LogP contribution in [0.4, 0.5) is 8.78 Å². The molecule has 2 aliphatic heterocycles. The number of carbonyl (C=O) groups excluding carboxylic acids is 1. The van der Waals surface area contributed by atoms with Gasteiger partial charge in [-0.15, -0.1) is 0 Å². The maximum atomic E-state index is 13.3. The molecular weight excluding hydrogens is 214 g/mol. The van der Waals surface area contributed by atoms with Crippen LogP contribution in [0.5, 0.6) is 0 Å². The van der Waals surface area contributed by atoms with Crippen LogP contribution in [-0.2, 0) is 4.79 Å². The first kappa shape index (κ1) is 11.8. The maximum Gasteiger partial charge on any atom is 0.251 e. The van der Waals surface area contributed by atoms with Crippen LogP contribution in [0.15, 0.2) is 0 Å². The molecule has 2 fully saturated rings. The Kier molecular flexibility index (Phi) is 2.90. The van der Waals surface area contributed by atoms with Crippen LogP contribution in [0.2, 0.25) is 0 Å². The molecule has 1 amide bonds. The first-order valence-corrected chi connectivity index (χ1v) is 5.82. The standard InChI is InChI=1S/C11H18F2N2O/c1-7-6-14-10(16)9-5-11(12,13)3-4-15(9)8(7)2/h7-9H,3-6H2,1-2H3,(H,14,16)/t7-,8-,9?/m1/s1. The summed E-state index contributed by atoms with van der Waals surface area (Å²) in [6, 6.07) is -0.469. The number of piperidine rings is 1. The predicted molar refractivity (Wildman–Crippen MR) is 56.3 cm³/mol. The lowest BCUT2D eigenvalue weighted by atomic mass is 9.94. The van der Waals surface area contributed by atoms with Gasteiger partial charge < -0.3 is 5.32 Å². The molecule has 1 unspecified atom stereocenters. The van der Waals surface area contributed by atoms with Gasteiger partial charge in [0.2, 0.25) is 5.91 Å².